The first-order valence-corrected chi connectivity index (χ1v) is 7.50. The van der Waals surface area contributed by atoms with E-state index >= 15 is 0 Å². The molecule has 0 spiro atoms. The zero-order valence-corrected chi connectivity index (χ0v) is 12.5. The van der Waals surface area contributed by atoms with E-state index in [1.165, 1.54) is 11.8 Å². The molecule has 5 heteroatoms. The van der Waals surface area contributed by atoms with Crippen LogP contribution in [-0.4, -0.2) is 11.1 Å². The number of aliphatic imine (C=N–C) groups is 1. The van der Waals surface area contributed by atoms with E-state index in [2.05, 4.69) is 10.3 Å². The average Bonchev–Trinajstić information content (AvgIpc) is 2.82. The zero-order valence-electron chi connectivity index (χ0n) is 10.9. The Balaban J connectivity index is 1.82. The number of amides is 1. The van der Waals surface area contributed by atoms with Gasteiger partial charge in [0.25, 0.3) is 5.91 Å². The molecule has 3 rings (SSSR count). The molecule has 1 aliphatic heterocycles. The van der Waals surface area contributed by atoms with Gasteiger partial charge in [-0.05, 0) is 47.7 Å². The second-order valence-electron chi connectivity index (χ2n) is 4.37. The van der Waals surface area contributed by atoms with Gasteiger partial charge in [-0.3, -0.25) is 4.79 Å². The number of nitrogens with one attached hydrogen (secondary N) is 1. The lowest BCUT2D eigenvalue weighted by molar-refractivity contribution is -0.115. The molecule has 2 aromatic carbocycles. The Labute approximate surface area is 131 Å². The highest BCUT2D eigenvalue weighted by atomic mass is 35.5. The van der Waals surface area contributed by atoms with Crippen molar-refractivity contribution < 1.29 is 4.79 Å². The summed E-state index contributed by atoms with van der Waals surface area (Å²) in [5.41, 5.74) is 1.74. The number of amidine groups is 1. The summed E-state index contributed by atoms with van der Waals surface area (Å²) >= 11 is 7.18. The molecule has 1 heterocycles. The van der Waals surface area contributed by atoms with Crippen LogP contribution in [0.3, 0.4) is 0 Å². The zero-order chi connectivity index (χ0) is 14.7. The van der Waals surface area contributed by atoms with Gasteiger partial charge in [0.15, 0.2) is 5.17 Å². The smallest absolute Gasteiger partial charge is 0.264 e. The molecule has 21 heavy (non-hydrogen) atoms. The van der Waals surface area contributed by atoms with Crippen LogP contribution in [0.2, 0.25) is 5.02 Å². The minimum atomic E-state index is -0.135. The van der Waals surface area contributed by atoms with Crippen LogP contribution in [0.15, 0.2) is 64.5 Å². The van der Waals surface area contributed by atoms with Gasteiger partial charge in [-0.2, -0.15) is 0 Å². The molecule has 1 aliphatic rings. The summed E-state index contributed by atoms with van der Waals surface area (Å²) in [6, 6.07) is 16.9. The van der Waals surface area contributed by atoms with E-state index in [1.54, 1.807) is 12.1 Å². The minimum Gasteiger partial charge on any atom is -0.300 e. The van der Waals surface area contributed by atoms with E-state index in [0.717, 1.165) is 11.3 Å². The number of benzene rings is 2. The number of carbonyl (C=O) groups is 1. The molecule has 104 valence electrons. The SMILES string of the molecule is O=C1NC(=Nc2ccccc2)S/C1=C\c1ccc(Cl)cc1. The third-order valence-electron chi connectivity index (χ3n) is 2.81. The summed E-state index contributed by atoms with van der Waals surface area (Å²) < 4.78 is 0. The summed E-state index contributed by atoms with van der Waals surface area (Å²) in [6.07, 6.45) is 1.82. The standard InChI is InChI=1S/C16H11ClN2OS/c17-12-8-6-11(7-9-12)10-14-15(20)19-16(21-14)18-13-4-2-1-3-5-13/h1-10H,(H,18,19,20)/b14-10-. The molecule has 1 N–H and O–H groups in total. The van der Waals surface area contributed by atoms with Gasteiger partial charge in [0.2, 0.25) is 0 Å². The highest BCUT2D eigenvalue weighted by Crippen LogP contribution is 2.28. The first kappa shape index (κ1) is 13.9. The number of hydrogen-bond acceptors (Lipinski definition) is 3. The van der Waals surface area contributed by atoms with Crippen LogP contribution in [0.25, 0.3) is 6.08 Å². The molecular formula is C16H11ClN2OS. The van der Waals surface area contributed by atoms with Crippen molar-refractivity contribution in [2.24, 2.45) is 4.99 Å². The monoisotopic (exact) mass is 314 g/mol. The molecule has 1 fully saturated rings. The first-order valence-electron chi connectivity index (χ1n) is 6.31. The second-order valence-corrected chi connectivity index (χ2v) is 5.84. The first-order chi connectivity index (χ1) is 10.2. The lowest BCUT2D eigenvalue weighted by Crippen LogP contribution is -2.19. The summed E-state index contributed by atoms with van der Waals surface area (Å²) in [5.74, 6) is -0.135. The molecule has 0 aliphatic carbocycles. The van der Waals surface area contributed by atoms with E-state index in [1.807, 2.05) is 48.5 Å². The quantitative estimate of drug-likeness (QED) is 0.843. The van der Waals surface area contributed by atoms with Crippen molar-refractivity contribution in [3.8, 4) is 0 Å². The van der Waals surface area contributed by atoms with E-state index < -0.39 is 0 Å². The fourth-order valence-electron chi connectivity index (χ4n) is 1.81. The molecule has 0 bridgehead atoms. The second kappa shape index (κ2) is 6.16. The Kier molecular flexibility index (Phi) is 4.08. The molecule has 0 unspecified atom stereocenters. The minimum absolute atomic E-state index is 0.135. The van der Waals surface area contributed by atoms with E-state index in [9.17, 15) is 4.79 Å². The van der Waals surface area contributed by atoms with E-state index in [-0.39, 0.29) is 5.91 Å². The van der Waals surface area contributed by atoms with Gasteiger partial charge in [0.1, 0.15) is 0 Å². The van der Waals surface area contributed by atoms with Crippen molar-refractivity contribution in [3.63, 3.8) is 0 Å². The topological polar surface area (TPSA) is 41.5 Å². The fraction of sp³-hybridized carbons (Fsp3) is 0. The number of rotatable bonds is 2. The third kappa shape index (κ3) is 3.54. The van der Waals surface area contributed by atoms with Crippen molar-refractivity contribution in [2.75, 3.05) is 0 Å². The molecule has 1 amide bonds. The number of carbonyl (C=O) groups excluding carboxylic acids is 1. The highest BCUT2D eigenvalue weighted by Gasteiger charge is 2.23. The lowest BCUT2D eigenvalue weighted by Gasteiger charge is -1.95. The maximum Gasteiger partial charge on any atom is 0.264 e. The summed E-state index contributed by atoms with van der Waals surface area (Å²) in [6.45, 7) is 0. The van der Waals surface area contributed by atoms with Crippen LogP contribution in [-0.2, 0) is 4.79 Å². The van der Waals surface area contributed by atoms with Crippen molar-refractivity contribution in [1.82, 2.24) is 5.32 Å². The maximum absolute atomic E-state index is 11.9. The van der Waals surface area contributed by atoms with Crippen LogP contribution in [0.1, 0.15) is 5.56 Å². The number of para-hydroxylation sites is 1. The van der Waals surface area contributed by atoms with Crippen molar-refractivity contribution in [3.05, 3.63) is 70.1 Å². The molecule has 0 aromatic heterocycles. The predicted octanol–water partition coefficient (Wildman–Crippen LogP) is 4.23. The Hall–Kier alpha value is -2.04. The fourth-order valence-corrected chi connectivity index (χ4v) is 2.78. The van der Waals surface area contributed by atoms with Gasteiger partial charge in [-0.1, -0.05) is 41.9 Å². The predicted molar refractivity (Wildman–Crippen MR) is 88.7 cm³/mol. The van der Waals surface area contributed by atoms with Gasteiger partial charge in [0.05, 0.1) is 10.6 Å². The van der Waals surface area contributed by atoms with Crippen molar-refractivity contribution >= 4 is 46.2 Å². The van der Waals surface area contributed by atoms with E-state index in [4.69, 9.17) is 11.6 Å². The average molecular weight is 315 g/mol. The molecule has 0 atom stereocenters. The van der Waals surface area contributed by atoms with Crippen LogP contribution < -0.4 is 5.32 Å². The number of nitrogens with zero attached hydrogens (tertiary/aromatic N) is 1. The molecule has 3 nitrogen and oxygen atoms in total. The lowest BCUT2D eigenvalue weighted by atomic mass is 10.2. The largest absolute Gasteiger partial charge is 0.300 e. The highest BCUT2D eigenvalue weighted by molar-refractivity contribution is 8.18. The summed E-state index contributed by atoms with van der Waals surface area (Å²) in [5, 5.41) is 4.03. The number of thioether (sulfide) groups is 1. The molecule has 0 saturated carbocycles. The Morgan fingerprint density at radius 1 is 1.05 bits per heavy atom. The van der Waals surface area contributed by atoms with Crippen LogP contribution in [0.4, 0.5) is 5.69 Å². The Morgan fingerprint density at radius 3 is 2.48 bits per heavy atom. The number of halogens is 1. The Bertz CT molecular complexity index is 724. The Morgan fingerprint density at radius 2 is 1.76 bits per heavy atom. The van der Waals surface area contributed by atoms with Crippen LogP contribution >= 0.6 is 23.4 Å². The van der Waals surface area contributed by atoms with Gasteiger partial charge in [-0.15, -0.1) is 0 Å². The molecule has 2 aromatic rings. The summed E-state index contributed by atoms with van der Waals surface area (Å²) in [4.78, 5) is 17.0. The van der Waals surface area contributed by atoms with Crippen LogP contribution in [0, 0.1) is 0 Å². The van der Waals surface area contributed by atoms with Gasteiger partial charge >= 0.3 is 0 Å². The molecular weight excluding hydrogens is 304 g/mol. The van der Waals surface area contributed by atoms with E-state index in [0.29, 0.717) is 15.1 Å². The molecule has 1 saturated heterocycles. The summed E-state index contributed by atoms with van der Waals surface area (Å²) in [7, 11) is 0. The number of hydrogen-bond donors (Lipinski definition) is 1. The van der Waals surface area contributed by atoms with Gasteiger partial charge in [-0.25, -0.2) is 4.99 Å². The normalized spacial score (nSPS) is 18.2. The van der Waals surface area contributed by atoms with Gasteiger partial charge in [0, 0.05) is 5.02 Å². The molecule has 0 radical (unpaired) electrons. The van der Waals surface area contributed by atoms with Crippen LogP contribution in [0.5, 0.6) is 0 Å². The van der Waals surface area contributed by atoms with Crippen molar-refractivity contribution in [1.29, 1.82) is 0 Å². The maximum atomic E-state index is 11.9. The van der Waals surface area contributed by atoms with Crippen molar-refractivity contribution in [2.45, 2.75) is 0 Å². The third-order valence-corrected chi connectivity index (χ3v) is 3.97. The van der Waals surface area contributed by atoms with Gasteiger partial charge < -0.3 is 5.32 Å².